The van der Waals surface area contributed by atoms with Crippen LogP contribution in [0.2, 0.25) is 0 Å². The number of ether oxygens (including phenoxy) is 1. The van der Waals surface area contributed by atoms with Gasteiger partial charge < -0.3 is 14.1 Å². The number of fused-ring (bicyclic) bond motifs is 2. The first-order chi connectivity index (χ1) is 14.0. The molecule has 6 heteroatoms. The van der Waals surface area contributed by atoms with Gasteiger partial charge in [0, 0.05) is 18.5 Å². The van der Waals surface area contributed by atoms with E-state index in [0.717, 1.165) is 11.0 Å². The number of rotatable bonds is 5. The SMILES string of the molecule is CCOC(=O)c1ccc2nc(-c3cc4ccccc4o3)c(N(C)C(C)C)nc2c1. The second kappa shape index (κ2) is 7.54. The molecule has 0 saturated heterocycles. The van der Waals surface area contributed by atoms with Crippen LogP contribution >= 0.6 is 0 Å². The molecule has 0 radical (unpaired) electrons. The molecule has 0 atom stereocenters. The number of hydrogen-bond donors (Lipinski definition) is 0. The summed E-state index contributed by atoms with van der Waals surface area (Å²) in [6.07, 6.45) is 0. The molecule has 2 aromatic heterocycles. The van der Waals surface area contributed by atoms with E-state index in [1.54, 1.807) is 25.1 Å². The van der Waals surface area contributed by atoms with Gasteiger partial charge >= 0.3 is 5.97 Å². The minimum atomic E-state index is -0.365. The van der Waals surface area contributed by atoms with Crippen molar-refractivity contribution in [3.05, 3.63) is 54.1 Å². The monoisotopic (exact) mass is 389 g/mol. The van der Waals surface area contributed by atoms with E-state index >= 15 is 0 Å². The number of aromatic nitrogens is 2. The van der Waals surface area contributed by atoms with Crippen LogP contribution in [0.25, 0.3) is 33.5 Å². The van der Waals surface area contributed by atoms with Gasteiger partial charge in [-0.2, -0.15) is 0 Å². The summed E-state index contributed by atoms with van der Waals surface area (Å²) in [5, 5.41) is 1.01. The van der Waals surface area contributed by atoms with Crippen molar-refractivity contribution in [1.82, 2.24) is 9.97 Å². The van der Waals surface area contributed by atoms with Crippen LogP contribution in [0.3, 0.4) is 0 Å². The molecular formula is C23H23N3O3. The van der Waals surface area contributed by atoms with E-state index in [2.05, 4.69) is 13.8 Å². The Kier molecular flexibility index (Phi) is 4.92. The van der Waals surface area contributed by atoms with Crippen molar-refractivity contribution in [3.8, 4) is 11.5 Å². The van der Waals surface area contributed by atoms with E-state index in [4.69, 9.17) is 19.1 Å². The van der Waals surface area contributed by atoms with Gasteiger partial charge in [-0.25, -0.2) is 14.8 Å². The Balaban J connectivity index is 1.91. The normalized spacial score (nSPS) is 11.3. The highest BCUT2D eigenvalue weighted by Gasteiger charge is 2.20. The average Bonchev–Trinajstić information content (AvgIpc) is 3.16. The topological polar surface area (TPSA) is 68.5 Å². The average molecular weight is 389 g/mol. The number of benzene rings is 2. The summed E-state index contributed by atoms with van der Waals surface area (Å²) in [7, 11) is 1.97. The summed E-state index contributed by atoms with van der Waals surface area (Å²) < 4.78 is 11.2. The maximum absolute atomic E-state index is 12.1. The fourth-order valence-corrected chi connectivity index (χ4v) is 3.14. The molecule has 0 unspecified atom stereocenters. The third kappa shape index (κ3) is 3.53. The maximum Gasteiger partial charge on any atom is 0.338 e. The lowest BCUT2D eigenvalue weighted by Gasteiger charge is -2.24. The highest BCUT2D eigenvalue weighted by Crippen LogP contribution is 2.34. The van der Waals surface area contributed by atoms with E-state index in [1.165, 1.54) is 0 Å². The lowest BCUT2D eigenvalue weighted by atomic mass is 10.1. The Hall–Kier alpha value is -3.41. The third-order valence-corrected chi connectivity index (χ3v) is 4.92. The van der Waals surface area contributed by atoms with Crippen LogP contribution in [0.4, 0.5) is 5.82 Å². The Morgan fingerprint density at radius 1 is 1.10 bits per heavy atom. The van der Waals surface area contributed by atoms with Crippen LogP contribution in [-0.4, -0.2) is 35.6 Å². The summed E-state index contributed by atoms with van der Waals surface area (Å²) in [6.45, 7) is 6.29. The maximum atomic E-state index is 12.1. The Morgan fingerprint density at radius 2 is 1.90 bits per heavy atom. The number of nitrogens with zero attached hydrogens (tertiary/aromatic N) is 3. The van der Waals surface area contributed by atoms with E-state index in [-0.39, 0.29) is 12.0 Å². The largest absolute Gasteiger partial charge is 0.462 e. The molecule has 0 aliphatic heterocycles. The first kappa shape index (κ1) is 18.9. The number of furan rings is 1. The number of hydrogen-bond acceptors (Lipinski definition) is 6. The molecule has 0 fully saturated rings. The summed E-state index contributed by atoms with van der Waals surface area (Å²) in [4.78, 5) is 23.8. The minimum absolute atomic E-state index is 0.207. The van der Waals surface area contributed by atoms with E-state index in [0.29, 0.717) is 40.5 Å². The second-order valence-corrected chi connectivity index (χ2v) is 7.17. The van der Waals surface area contributed by atoms with Gasteiger partial charge in [-0.1, -0.05) is 18.2 Å². The molecule has 148 valence electrons. The molecule has 2 heterocycles. The lowest BCUT2D eigenvalue weighted by molar-refractivity contribution is 0.0526. The summed E-state index contributed by atoms with van der Waals surface area (Å²) >= 11 is 0. The zero-order chi connectivity index (χ0) is 20.5. The van der Waals surface area contributed by atoms with Gasteiger partial charge in [0.25, 0.3) is 0 Å². The molecule has 0 bridgehead atoms. The van der Waals surface area contributed by atoms with E-state index in [9.17, 15) is 4.79 Å². The molecule has 0 spiro atoms. The quantitative estimate of drug-likeness (QED) is 0.444. The van der Waals surface area contributed by atoms with Crippen molar-refractivity contribution >= 4 is 33.8 Å². The smallest absolute Gasteiger partial charge is 0.338 e. The fraction of sp³-hybridized carbons (Fsp3) is 0.261. The highest BCUT2D eigenvalue weighted by atomic mass is 16.5. The summed E-state index contributed by atoms with van der Waals surface area (Å²) in [5.41, 5.74) is 3.27. The zero-order valence-corrected chi connectivity index (χ0v) is 17.0. The first-order valence-electron chi connectivity index (χ1n) is 9.68. The standard InChI is InChI=1S/C23H23N3O3/c1-5-28-23(27)16-10-11-17-18(12-16)25-22(26(4)14(2)3)21(24-17)20-13-15-8-6-7-9-19(15)29-20/h6-14H,5H2,1-4H3. The number of carbonyl (C=O) groups excluding carboxylic acids is 1. The van der Waals surface area contributed by atoms with Crippen LogP contribution in [0.15, 0.2) is 52.9 Å². The summed E-state index contributed by atoms with van der Waals surface area (Å²) in [5.74, 6) is 1.00. The fourth-order valence-electron chi connectivity index (χ4n) is 3.14. The predicted molar refractivity (Wildman–Crippen MR) is 114 cm³/mol. The van der Waals surface area contributed by atoms with Gasteiger partial charge in [0.05, 0.1) is 23.2 Å². The molecule has 6 nitrogen and oxygen atoms in total. The summed E-state index contributed by atoms with van der Waals surface area (Å²) in [6, 6.07) is 15.3. The molecule has 29 heavy (non-hydrogen) atoms. The van der Waals surface area contributed by atoms with E-state index < -0.39 is 0 Å². The van der Waals surface area contributed by atoms with Crippen molar-refractivity contribution in [2.75, 3.05) is 18.6 Å². The Morgan fingerprint density at radius 3 is 2.62 bits per heavy atom. The van der Waals surface area contributed by atoms with E-state index in [1.807, 2.05) is 42.3 Å². The highest BCUT2D eigenvalue weighted by molar-refractivity contribution is 5.95. The lowest BCUT2D eigenvalue weighted by Crippen LogP contribution is -2.27. The molecule has 2 aromatic carbocycles. The number of carbonyl (C=O) groups is 1. The molecule has 0 amide bonds. The second-order valence-electron chi connectivity index (χ2n) is 7.17. The van der Waals surface area contributed by atoms with Crippen LogP contribution < -0.4 is 4.90 Å². The molecule has 4 rings (SSSR count). The van der Waals surface area contributed by atoms with Gasteiger partial charge in [0.1, 0.15) is 11.3 Å². The van der Waals surface area contributed by atoms with Crippen molar-refractivity contribution < 1.29 is 13.9 Å². The molecule has 0 aliphatic carbocycles. The van der Waals surface area contributed by atoms with Crippen LogP contribution in [0, 0.1) is 0 Å². The first-order valence-corrected chi connectivity index (χ1v) is 9.68. The predicted octanol–water partition coefficient (Wildman–Crippen LogP) is 5.06. The Bertz CT molecular complexity index is 1160. The Labute approximate surface area is 169 Å². The van der Waals surface area contributed by atoms with Gasteiger partial charge in [-0.15, -0.1) is 0 Å². The van der Waals surface area contributed by atoms with Gasteiger partial charge in [0.15, 0.2) is 11.6 Å². The van der Waals surface area contributed by atoms with Crippen molar-refractivity contribution in [3.63, 3.8) is 0 Å². The van der Waals surface area contributed by atoms with Crippen LogP contribution in [-0.2, 0) is 4.74 Å². The van der Waals surface area contributed by atoms with Crippen molar-refractivity contribution in [2.45, 2.75) is 26.8 Å². The molecular weight excluding hydrogens is 366 g/mol. The zero-order valence-electron chi connectivity index (χ0n) is 17.0. The van der Waals surface area contributed by atoms with Crippen molar-refractivity contribution in [1.29, 1.82) is 0 Å². The molecule has 0 N–H and O–H groups in total. The van der Waals surface area contributed by atoms with Crippen molar-refractivity contribution in [2.24, 2.45) is 0 Å². The number of esters is 1. The van der Waals surface area contributed by atoms with Gasteiger partial charge in [-0.3, -0.25) is 0 Å². The molecule has 0 saturated carbocycles. The molecule has 4 aromatic rings. The van der Waals surface area contributed by atoms with Gasteiger partial charge in [-0.05, 0) is 51.1 Å². The van der Waals surface area contributed by atoms with Crippen LogP contribution in [0.5, 0.6) is 0 Å². The number of para-hydroxylation sites is 1. The van der Waals surface area contributed by atoms with Gasteiger partial charge in [0.2, 0.25) is 0 Å². The minimum Gasteiger partial charge on any atom is -0.462 e. The molecule has 0 aliphatic rings. The van der Waals surface area contributed by atoms with Crippen LogP contribution in [0.1, 0.15) is 31.1 Å². The third-order valence-electron chi connectivity index (χ3n) is 4.92. The number of anilines is 1.